The van der Waals surface area contributed by atoms with Gasteiger partial charge in [-0.3, -0.25) is 4.90 Å². The van der Waals surface area contributed by atoms with Crippen LogP contribution in [0.25, 0.3) is 0 Å². The maximum atomic E-state index is 13.1. The molecule has 148 valence electrons. The Morgan fingerprint density at radius 2 is 1.61 bits per heavy atom. The lowest BCUT2D eigenvalue weighted by Gasteiger charge is -2.35. The maximum absolute atomic E-state index is 13.1. The normalized spacial score (nSPS) is 17.8. The van der Waals surface area contributed by atoms with E-state index in [0.717, 1.165) is 16.7 Å². The van der Waals surface area contributed by atoms with Crippen LogP contribution in [0.3, 0.4) is 0 Å². The number of benzene rings is 2. The number of hydrogen-bond donors (Lipinski definition) is 0. The van der Waals surface area contributed by atoms with Crippen LogP contribution < -0.4 is 0 Å². The fraction of sp³-hybridized carbons (Fsp3) is 0.391. The minimum absolute atomic E-state index is 0.142. The van der Waals surface area contributed by atoms with Crippen molar-refractivity contribution in [1.29, 1.82) is 0 Å². The van der Waals surface area contributed by atoms with Gasteiger partial charge in [-0.25, -0.2) is 9.59 Å². The molecule has 0 aliphatic carbocycles. The predicted molar refractivity (Wildman–Crippen MR) is 107 cm³/mol. The maximum Gasteiger partial charge on any atom is 0.411 e. The predicted octanol–water partition coefficient (Wildman–Crippen LogP) is 4.96. The van der Waals surface area contributed by atoms with Gasteiger partial charge in [0.1, 0.15) is 12.2 Å². The molecule has 3 rings (SSSR count). The third-order valence-corrected chi connectivity index (χ3v) is 4.81. The Balaban J connectivity index is 1.92. The van der Waals surface area contributed by atoms with Gasteiger partial charge in [0.05, 0.1) is 5.54 Å². The number of fused-ring (bicyclic) bond motifs is 1. The summed E-state index contributed by atoms with van der Waals surface area (Å²) in [4.78, 5) is 27.6. The summed E-state index contributed by atoms with van der Waals surface area (Å²) < 4.78 is 11.2. The van der Waals surface area contributed by atoms with Crippen LogP contribution in [0.15, 0.2) is 54.6 Å². The SMILES string of the molecule is CC(C)(C)OC(=O)C1c2ccccc2C(C)(C)N1C(=O)OCc1ccccc1. The zero-order chi connectivity index (χ0) is 20.5. The molecule has 1 aliphatic rings. The highest BCUT2D eigenvalue weighted by Gasteiger charge is 2.51. The zero-order valence-electron chi connectivity index (χ0n) is 17.1. The summed E-state index contributed by atoms with van der Waals surface area (Å²) in [5, 5.41) is 0. The first kappa shape index (κ1) is 19.9. The highest BCUT2D eigenvalue weighted by molar-refractivity contribution is 5.86. The molecule has 0 aromatic heterocycles. The number of nitrogens with zero attached hydrogens (tertiary/aromatic N) is 1. The minimum Gasteiger partial charge on any atom is -0.458 e. The standard InChI is InChI=1S/C23H27NO4/c1-22(2,3)28-20(25)19-17-13-9-10-14-18(17)23(4,5)24(19)21(26)27-15-16-11-7-6-8-12-16/h6-14,19H,15H2,1-5H3. The van der Waals surface area contributed by atoms with Gasteiger partial charge in [-0.2, -0.15) is 0 Å². The molecule has 0 spiro atoms. The molecule has 2 aromatic carbocycles. The summed E-state index contributed by atoms with van der Waals surface area (Å²) in [5.74, 6) is -0.456. The van der Waals surface area contributed by atoms with Crippen LogP contribution in [-0.2, 0) is 26.4 Å². The van der Waals surface area contributed by atoms with Crippen LogP contribution in [-0.4, -0.2) is 22.6 Å². The van der Waals surface area contributed by atoms with Gasteiger partial charge in [-0.05, 0) is 51.3 Å². The van der Waals surface area contributed by atoms with Crippen LogP contribution in [0, 0.1) is 0 Å². The summed E-state index contributed by atoms with van der Waals surface area (Å²) in [6.07, 6.45) is -0.541. The Kier molecular flexibility index (Phi) is 5.20. The molecule has 0 N–H and O–H groups in total. The molecule has 1 heterocycles. The molecule has 5 nitrogen and oxygen atoms in total. The molecule has 1 atom stereocenters. The monoisotopic (exact) mass is 381 g/mol. The fourth-order valence-electron chi connectivity index (χ4n) is 3.60. The van der Waals surface area contributed by atoms with Crippen molar-refractivity contribution in [3.63, 3.8) is 0 Å². The van der Waals surface area contributed by atoms with E-state index in [1.807, 2.05) is 89.2 Å². The highest BCUT2D eigenvalue weighted by atomic mass is 16.6. The van der Waals surface area contributed by atoms with Crippen molar-refractivity contribution in [3.8, 4) is 0 Å². The minimum atomic E-state index is -0.839. The Morgan fingerprint density at radius 1 is 1.00 bits per heavy atom. The van der Waals surface area contributed by atoms with Gasteiger partial charge in [-0.1, -0.05) is 54.6 Å². The Hall–Kier alpha value is -2.82. The van der Waals surface area contributed by atoms with Crippen molar-refractivity contribution in [2.24, 2.45) is 0 Å². The van der Waals surface area contributed by atoms with E-state index in [-0.39, 0.29) is 6.61 Å². The van der Waals surface area contributed by atoms with E-state index in [4.69, 9.17) is 9.47 Å². The largest absolute Gasteiger partial charge is 0.458 e. The molecular weight excluding hydrogens is 354 g/mol. The molecule has 1 aliphatic heterocycles. The summed E-state index contributed by atoms with van der Waals surface area (Å²) in [5.41, 5.74) is 1.23. The number of hydrogen-bond acceptors (Lipinski definition) is 4. The molecule has 1 amide bonds. The molecule has 0 radical (unpaired) electrons. The topological polar surface area (TPSA) is 55.8 Å². The van der Waals surface area contributed by atoms with Crippen molar-refractivity contribution in [1.82, 2.24) is 4.90 Å². The summed E-state index contributed by atoms with van der Waals surface area (Å²) in [7, 11) is 0. The second-order valence-electron chi connectivity index (χ2n) is 8.49. The van der Waals surface area contributed by atoms with Crippen molar-refractivity contribution in [2.75, 3.05) is 0 Å². The lowest BCUT2D eigenvalue weighted by Crippen LogP contribution is -2.46. The molecular formula is C23H27NO4. The first-order chi connectivity index (χ1) is 13.1. The van der Waals surface area contributed by atoms with Gasteiger partial charge in [0.2, 0.25) is 0 Å². The molecule has 0 saturated heterocycles. The van der Waals surface area contributed by atoms with Crippen molar-refractivity contribution >= 4 is 12.1 Å². The zero-order valence-corrected chi connectivity index (χ0v) is 17.1. The number of carbonyl (C=O) groups is 2. The van der Waals surface area contributed by atoms with Crippen LogP contribution in [0.2, 0.25) is 0 Å². The molecule has 0 saturated carbocycles. The fourth-order valence-corrected chi connectivity index (χ4v) is 3.60. The Labute approximate surface area is 166 Å². The lowest BCUT2D eigenvalue weighted by atomic mass is 9.93. The van der Waals surface area contributed by atoms with Gasteiger partial charge in [0, 0.05) is 0 Å². The molecule has 1 unspecified atom stereocenters. The lowest BCUT2D eigenvalue weighted by molar-refractivity contribution is -0.162. The Bertz CT molecular complexity index is 868. The number of ether oxygens (including phenoxy) is 2. The van der Waals surface area contributed by atoms with Crippen LogP contribution in [0.4, 0.5) is 4.79 Å². The Morgan fingerprint density at radius 3 is 2.25 bits per heavy atom. The number of carbonyl (C=O) groups excluding carboxylic acids is 2. The van der Waals surface area contributed by atoms with E-state index < -0.39 is 29.2 Å². The smallest absolute Gasteiger partial charge is 0.411 e. The number of esters is 1. The van der Waals surface area contributed by atoms with E-state index >= 15 is 0 Å². The molecule has 5 heteroatoms. The van der Waals surface area contributed by atoms with Crippen LogP contribution in [0.5, 0.6) is 0 Å². The van der Waals surface area contributed by atoms with E-state index in [1.165, 1.54) is 4.90 Å². The van der Waals surface area contributed by atoms with Crippen molar-refractivity contribution in [3.05, 3.63) is 71.3 Å². The van der Waals surface area contributed by atoms with E-state index in [9.17, 15) is 9.59 Å². The summed E-state index contributed by atoms with van der Waals surface area (Å²) in [6, 6.07) is 16.2. The number of rotatable bonds is 3. The summed E-state index contributed by atoms with van der Waals surface area (Å²) in [6.45, 7) is 9.42. The van der Waals surface area contributed by atoms with E-state index in [2.05, 4.69) is 0 Å². The molecule has 28 heavy (non-hydrogen) atoms. The average Bonchev–Trinajstić information content (AvgIpc) is 2.87. The second-order valence-corrected chi connectivity index (χ2v) is 8.49. The van der Waals surface area contributed by atoms with Crippen molar-refractivity contribution in [2.45, 2.75) is 58.4 Å². The number of amides is 1. The van der Waals surface area contributed by atoms with Gasteiger partial charge in [0.25, 0.3) is 0 Å². The average molecular weight is 381 g/mol. The van der Waals surface area contributed by atoms with Crippen molar-refractivity contribution < 1.29 is 19.1 Å². The molecule has 2 aromatic rings. The van der Waals surface area contributed by atoms with Gasteiger partial charge in [0.15, 0.2) is 6.04 Å². The van der Waals surface area contributed by atoms with Gasteiger partial charge >= 0.3 is 12.1 Å². The van der Waals surface area contributed by atoms with E-state index in [0.29, 0.717) is 0 Å². The third-order valence-electron chi connectivity index (χ3n) is 4.81. The first-order valence-corrected chi connectivity index (χ1v) is 9.43. The van der Waals surface area contributed by atoms with Crippen LogP contribution >= 0.6 is 0 Å². The molecule has 0 fully saturated rings. The first-order valence-electron chi connectivity index (χ1n) is 9.43. The summed E-state index contributed by atoms with van der Waals surface area (Å²) >= 11 is 0. The van der Waals surface area contributed by atoms with Crippen LogP contribution in [0.1, 0.15) is 57.4 Å². The third kappa shape index (κ3) is 3.88. The van der Waals surface area contributed by atoms with Gasteiger partial charge < -0.3 is 9.47 Å². The second kappa shape index (κ2) is 7.30. The molecule has 0 bridgehead atoms. The van der Waals surface area contributed by atoms with E-state index in [1.54, 1.807) is 0 Å². The van der Waals surface area contributed by atoms with Gasteiger partial charge in [-0.15, -0.1) is 0 Å². The highest BCUT2D eigenvalue weighted by Crippen LogP contribution is 2.47. The quantitative estimate of drug-likeness (QED) is 0.706.